The Balaban J connectivity index is 1.85. The number of fused-ring (bicyclic) bond motifs is 1. The van der Waals surface area contributed by atoms with Gasteiger partial charge in [-0.15, -0.1) is 0 Å². The van der Waals surface area contributed by atoms with Crippen LogP contribution < -0.4 is 4.74 Å². The highest BCUT2D eigenvalue weighted by Crippen LogP contribution is 2.42. The highest BCUT2D eigenvalue weighted by Gasteiger charge is 2.43. The van der Waals surface area contributed by atoms with Gasteiger partial charge >= 0.3 is 0 Å². The third-order valence-corrected chi connectivity index (χ3v) is 4.42. The number of rotatable bonds is 1. The molecule has 1 aliphatic carbocycles. The van der Waals surface area contributed by atoms with E-state index in [4.69, 9.17) is 9.47 Å². The third-order valence-electron chi connectivity index (χ3n) is 4.42. The van der Waals surface area contributed by atoms with Crippen molar-refractivity contribution in [2.45, 2.75) is 50.7 Å². The molecule has 1 aromatic carbocycles. The molecule has 0 radical (unpaired) electrons. The van der Waals surface area contributed by atoms with Crippen molar-refractivity contribution in [3.63, 3.8) is 0 Å². The summed E-state index contributed by atoms with van der Waals surface area (Å²) >= 11 is 0. The van der Waals surface area contributed by atoms with Gasteiger partial charge in [0.2, 0.25) is 0 Å². The molecule has 3 rings (SSSR count). The molecule has 0 saturated heterocycles. The van der Waals surface area contributed by atoms with Crippen LogP contribution in [0, 0.1) is 6.92 Å². The molecule has 1 fully saturated rings. The number of carbonyl (C=O) groups excluding carboxylic acids is 1. The van der Waals surface area contributed by atoms with Crippen LogP contribution in [0.4, 0.5) is 0 Å². The van der Waals surface area contributed by atoms with Crippen LogP contribution in [0.1, 0.15) is 48.0 Å². The molecule has 1 aromatic rings. The molecular formula is C16H20O3. The zero-order valence-electron chi connectivity index (χ0n) is 11.6. The molecule has 1 aliphatic heterocycles. The van der Waals surface area contributed by atoms with Gasteiger partial charge in [0.15, 0.2) is 5.78 Å². The van der Waals surface area contributed by atoms with Crippen molar-refractivity contribution in [3.05, 3.63) is 29.3 Å². The van der Waals surface area contributed by atoms with Gasteiger partial charge in [0, 0.05) is 7.11 Å². The molecule has 3 nitrogen and oxygen atoms in total. The fourth-order valence-electron chi connectivity index (χ4n) is 3.24. The first-order valence-electron chi connectivity index (χ1n) is 6.98. The van der Waals surface area contributed by atoms with Crippen molar-refractivity contribution in [2.75, 3.05) is 7.11 Å². The Labute approximate surface area is 113 Å². The quantitative estimate of drug-likeness (QED) is 0.777. The molecule has 0 amide bonds. The minimum Gasteiger partial charge on any atom is -0.486 e. The number of aryl methyl sites for hydroxylation is 1. The summed E-state index contributed by atoms with van der Waals surface area (Å²) in [5, 5.41) is 0. The molecule has 102 valence electrons. The van der Waals surface area contributed by atoms with Crippen LogP contribution in [0.3, 0.4) is 0 Å². The largest absolute Gasteiger partial charge is 0.486 e. The van der Waals surface area contributed by atoms with Gasteiger partial charge in [0.1, 0.15) is 11.4 Å². The van der Waals surface area contributed by atoms with Crippen molar-refractivity contribution in [1.29, 1.82) is 0 Å². The van der Waals surface area contributed by atoms with Gasteiger partial charge in [0.05, 0.1) is 18.1 Å². The van der Waals surface area contributed by atoms with Gasteiger partial charge in [-0.3, -0.25) is 4.79 Å². The van der Waals surface area contributed by atoms with Gasteiger partial charge < -0.3 is 9.47 Å². The average molecular weight is 260 g/mol. The van der Waals surface area contributed by atoms with Crippen molar-refractivity contribution in [3.8, 4) is 5.75 Å². The standard InChI is InChI=1S/C16H20O3/c1-11-3-4-15-13(9-11)14(17)10-16(19-15)7-5-12(18-2)6-8-16/h3-4,9,12H,5-8,10H2,1-2H3. The topological polar surface area (TPSA) is 35.5 Å². The van der Waals surface area contributed by atoms with Gasteiger partial charge in [0.25, 0.3) is 0 Å². The van der Waals surface area contributed by atoms with E-state index in [9.17, 15) is 4.79 Å². The summed E-state index contributed by atoms with van der Waals surface area (Å²) in [4.78, 5) is 12.4. The molecule has 1 saturated carbocycles. The number of Topliss-reactive ketones (excluding diaryl/α,β-unsaturated/α-hetero) is 1. The lowest BCUT2D eigenvalue weighted by Crippen LogP contribution is -2.46. The molecule has 2 aliphatic rings. The fraction of sp³-hybridized carbons (Fsp3) is 0.562. The zero-order chi connectivity index (χ0) is 13.5. The number of hydrogen-bond donors (Lipinski definition) is 0. The summed E-state index contributed by atoms with van der Waals surface area (Å²) in [5.74, 6) is 0.985. The minimum atomic E-state index is -0.283. The van der Waals surface area contributed by atoms with Gasteiger partial charge in [-0.2, -0.15) is 0 Å². The summed E-state index contributed by atoms with van der Waals surface area (Å²) in [6, 6.07) is 5.88. The molecule has 0 unspecified atom stereocenters. The lowest BCUT2D eigenvalue weighted by Gasteiger charge is -2.42. The van der Waals surface area contributed by atoms with E-state index in [1.165, 1.54) is 0 Å². The minimum absolute atomic E-state index is 0.223. The van der Waals surface area contributed by atoms with Crippen LogP contribution in [0.2, 0.25) is 0 Å². The summed E-state index contributed by atoms with van der Waals surface area (Å²) < 4.78 is 11.6. The van der Waals surface area contributed by atoms with E-state index in [-0.39, 0.29) is 11.4 Å². The van der Waals surface area contributed by atoms with E-state index in [0.717, 1.165) is 42.6 Å². The molecule has 1 spiro atoms. The van der Waals surface area contributed by atoms with Crippen LogP contribution >= 0.6 is 0 Å². The van der Waals surface area contributed by atoms with Crippen LogP contribution in [0.15, 0.2) is 18.2 Å². The first kappa shape index (κ1) is 12.7. The van der Waals surface area contributed by atoms with Crippen LogP contribution in [0.25, 0.3) is 0 Å². The smallest absolute Gasteiger partial charge is 0.170 e. The number of benzene rings is 1. The van der Waals surface area contributed by atoms with Crippen LogP contribution in [-0.2, 0) is 4.74 Å². The Morgan fingerprint density at radius 1 is 1.32 bits per heavy atom. The first-order chi connectivity index (χ1) is 9.12. The summed E-state index contributed by atoms with van der Waals surface area (Å²) in [6.45, 7) is 2.00. The number of hydrogen-bond acceptors (Lipinski definition) is 3. The lowest BCUT2D eigenvalue weighted by atomic mass is 9.77. The molecule has 3 heteroatoms. The molecule has 19 heavy (non-hydrogen) atoms. The number of carbonyl (C=O) groups is 1. The predicted octanol–water partition coefficient (Wildman–Crippen LogP) is 3.29. The van der Waals surface area contributed by atoms with Gasteiger partial charge in [-0.1, -0.05) is 11.6 Å². The van der Waals surface area contributed by atoms with E-state index >= 15 is 0 Å². The Kier molecular flexibility index (Phi) is 3.09. The summed E-state index contributed by atoms with van der Waals surface area (Å²) in [5.41, 5.74) is 1.57. The molecule has 0 bridgehead atoms. The number of ketones is 1. The molecule has 1 heterocycles. The van der Waals surface area contributed by atoms with E-state index in [0.29, 0.717) is 12.5 Å². The molecule has 0 N–H and O–H groups in total. The maximum absolute atomic E-state index is 12.4. The molecule has 0 atom stereocenters. The van der Waals surface area contributed by atoms with Crippen molar-refractivity contribution < 1.29 is 14.3 Å². The van der Waals surface area contributed by atoms with Crippen LogP contribution in [-0.4, -0.2) is 24.6 Å². The van der Waals surface area contributed by atoms with E-state index in [1.54, 1.807) is 7.11 Å². The Morgan fingerprint density at radius 3 is 2.74 bits per heavy atom. The summed E-state index contributed by atoms with van der Waals surface area (Å²) in [7, 11) is 1.76. The van der Waals surface area contributed by atoms with Crippen molar-refractivity contribution in [2.24, 2.45) is 0 Å². The monoisotopic (exact) mass is 260 g/mol. The van der Waals surface area contributed by atoms with Crippen LogP contribution in [0.5, 0.6) is 5.75 Å². The number of methoxy groups -OCH3 is 1. The second-order valence-corrected chi connectivity index (χ2v) is 5.82. The normalized spacial score (nSPS) is 30.0. The Hall–Kier alpha value is -1.35. The highest BCUT2D eigenvalue weighted by molar-refractivity contribution is 6.00. The average Bonchev–Trinajstić information content (AvgIpc) is 2.41. The van der Waals surface area contributed by atoms with E-state index < -0.39 is 0 Å². The van der Waals surface area contributed by atoms with E-state index in [1.807, 2.05) is 25.1 Å². The Morgan fingerprint density at radius 2 is 2.05 bits per heavy atom. The predicted molar refractivity (Wildman–Crippen MR) is 72.8 cm³/mol. The third kappa shape index (κ3) is 2.27. The second kappa shape index (κ2) is 4.64. The van der Waals surface area contributed by atoms with Gasteiger partial charge in [-0.05, 0) is 44.7 Å². The van der Waals surface area contributed by atoms with Crippen molar-refractivity contribution >= 4 is 5.78 Å². The maximum atomic E-state index is 12.4. The zero-order valence-corrected chi connectivity index (χ0v) is 11.6. The molecular weight excluding hydrogens is 240 g/mol. The SMILES string of the molecule is COC1CCC2(CC1)CC(=O)c1cc(C)ccc1O2. The second-order valence-electron chi connectivity index (χ2n) is 5.82. The Bertz CT molecular complexity index is 499. The van der Waals surface area contributed by atoms with E-state index in [2.05, 4.69) is 0 Å². The first-order valence-corrected chi connectivity index (χ1v) is 6.98. The highest BCUT2D eigenvalue weighted by atomic mass is 16.5. The molecule has 0 aromatic heterocycles. The van der Waals surface area contributed by atoms with Crippen molar-refractivity contribution in [1.82, 2.24) is 0 Å². The summed E-state index contributed by atoms with van der Waals surface area (Å²) in [6.07, 6.45) is 4.61. The lowest BCUT2D eigenvalue weighted by molar-refractivity contribution is -0.0320. The maximum Gasteiger partial charge on any atom is 0.170 e. The van der Waals surface area contributed by atoms with Gasteiger partial charge in [-0.25, -0.2) is 0 Å². The fourth-order valence-corrected chi connectivity index (χ4v) is 3.24. The number of ether oxygens (including phenoxy) is 2.